The van der Waals surface area contributed by atoms with Crippen molar-refractivity contribution in [3.63, 3.8) is 0 Å². The van der Waals surface area contributed by atoms with Crippen LogP contribution in [0.5, 0.6) is 0 Å². The second-order valence-corrected chi connectivity index (χ2v) is 7.11. The Morgan fingerprint density at radius 1 is 1.33 bits per heavy atom. The summed E-state index contributed by atoms with van der Waals surface area (Å²) in [4.78, 5) is 11.2. The molecule has 18 heavy (non-hydrogen) atoms. The Labute approximate surface area is 109 Å². The van der Waals surface area contributed by atoms with E-state index in [-0.39, 0.29) is 17.3 Å². The molecular weight excluding hydrogens is 228 g/mol. The molecule has 102 valence electrons. The van der Waals surface area contributed by atoms with Crippen LogP contribution < -0.4 is 0 Å². The summed E-state index contributed by atoms with van der Waals surface area (Å²) in [7, 11) is 0. The van der Waals surface area contributed by atoms with E-state index in [1.54, 1.807) is 6.92 Å². The highest BCUT2D eigenvalue weighted by atomic mass is 16.4. The summed E-state index contributed by atoms with van der Waals surface area (Å²) >= 11 is 0. The largest absolute Gasteiger partial charge is 0.478 e. The fraction of sp³-hybridized carbons (Fsp3) is 0.800. The molecule has 2 rings (SSSR count). The predicted molar refractivity (Wildman–Crippen MR) is 70.2 cm³/mol. The monoisotopic (exact) mass is 252 g/mol. The van der Waals surface area contributed by atoms with Crippen LogP contribution in [0.3, 0.4) is 0 Å². The van der Waals surface area contributed by atoms with Gasteiger partial charge in [0.1, 0.15) is 0 Å². The van der Waals surface area contributed by atoms with Gasteiger partial charge in [0.05, 0.1) is 5.60 Å². The van der Waals surface area contributed by atoms with Gasteiger partial charge in [-0.2, -0.15) is 0 Å². The van der Waals surface area contributed by atoms with Gasteiger partial charge in [-0.05, 0) is 56.8 Å². The van der Waals surface area contributed by atoms with Crippen LogP contribution >= 0.6 is 0 Å². The van der Waals surface area contributed by atoms with Crippen LogP contribution in [0, 0.1) is 17.3 Å². The molecule has 2 aliphatic carbocycles. The van der Waals surface area contributed by atoms with E-state index in [4.69, 9.17) is 0 Å². The van der Waals surface area contributed by atoms with Crippen LogP contribution in [0.15, 0.2) is 11.1 Å². The third-order valence-electron chi connectivity index (χ3n) is 4.94. The van der Waals surface area contributed by atoms with E-state index in [0.29, 0.717) is 5.57 Å². The van der Waals surface area contributed by atoms with E-state index in [0.717, 1.165) is 31.3 Å². The number of hydrogen-bond acceptors (Lipinski definition) is 2. The van der Waals surface area contributed by atoms with E-state index >= 15 is 0 Å². The Morgan fingerprint density at radius 3 is 2.50 bits per heavy atom. The Bertz CT molecular complexity index is 404. The standard InChI is InChI=1S/C15H24O3/c1-9(13(16)17)11-7-14(2,3)8-12-10(11)5-6-15(12,4)18/h10,12,18H,5-8H2,1-4H3,(H,16,17). The van der Waals surface area contributed by atoms with Gasteiger partial charge in [-0.1, -0.05) is 19.4 Å². The average molecular weight is 252 g/mol. The van der Waals surface area contributed by atoms with Crippen LogP contribution in [0.2, 0.25) is 0 Å². The van der Waals surface area contributed by atoms with Gasteiger partial charge in [0.2, 0.25) is 0 Å². The first-order chi connectivity index (χ1) is 8.14. The fourth-order valence-electron chi connectivity index (χ4n) is 3.91. The lowest BCUT2D eigenvalue weighted by molar-refractivity contribution is -0.132. The number of carbonyl (C=O) groups is 1. The molecule has 2 saturated carbocycles. The highest BCUT2D eigenvalue weighted by molar-refractivity contribution is 5.87. The van der Waals surface area contributed by atoms with Crippen molar-refractivity contribution in [2.24, 2.45) is 17.3 Å². The van der Waals surface area contributed by atoms with Crippen LogP contribution in [-0.2, 0) is 4.79 Å². The first-order valence-corrected chi connectivity index (χ1v) is 6.79. The maximum absolute atomic E-state index is 11.2. The van der Waals surface area contributed by atoms with Gasteiger partial charge >= 0.3 is 5.97 Å². The molecule has 0 spiro atoms. The Hall–Kier alpha value is -0.830. The zero-order valence-electron chi connectivity index (χ0n) is 11.8. The lowest BCUT2D eigenvalue weighted by atomic mass is 9.62. The van der Waals surface area contributed by atoms with Crippen molar-refractivity contribution < 1.29 is 15.0 Å². The molecular formula is C15H24O3. The van der Waals surface area contributed by atoms with E-state index < -0.39 is 11.6 Å². The average Bonchev–Trinajstić information content (AvgIpc) is 2.51. The van der Waals surface area contributed by atoms with Crippen molar-refractivity contribution in [3.8, 4) is 0 Å². The summed E-state index contributed by atoms with van der Waals surface area (Å²) in [6, 6.07) is 0. The van der Waals surface area contributed by atoms with Gasteiger partial charge in [-0.25, -0.2) is 4.79 Å². The third-order valence-corrected chi connectivity index (χ3v) is 4.94. The molecule has 3 heteroatoms. The lowest BCUT2D eigenvalue weighted by Crippen LogP contribution is -2.40. The van der Waals surface area contributed by atoms with E-state index in [2.05, 4.69) is 13.8 Å². The summed E-state index contributed by atoms with van der Waals surface area (Å²) in [6.07, 6.45) is 3.55. The van der Waals surface area contributed by atoms with Crippen molar-refractivity contribution >= 4 is 5.97 Å². The van der Waals surface area contributed by atoms with Gasteiger partial charge < -0.3 is 10.2 Å². The van der Waals surface area contributed by atoms with Crippen molar-refractivity contribution in [3.05, 3.63) is 11.1 Å². The first-order valence-electron chi connectivity index (χ1n) is 6.79. The summed E-state index contributed by atoms with van der Waals surface area (Å²) in [6.45, 7) is 7.97. The van der Waals surface area contributed by atoms with Crippen molar-refractivity contribution in [2.45, 2.75) is 59.0 Å². The number of aliphatic carboxylic acids is 1. The lowest BCUT2D eigenvalue weighted by Gasteiger charge is -2.43. The molecule has 0 radical (unpaired) electrons. The molecule has 3 nitrogen and oxygen atoms in total. The number of carboxylic acid groups (broad SMARTS) is 1. The van der Waals surface area contributed by atoms with E-state index in [1.807, 2.05) is 6.92 Å². The summed E-state index contributed by atoms with van der Waals surface area (Å²) in [5, 5.41) is 19.7. The molecule has 0 aromatic carbocycles. The molecule has 2 fully saturated rings. The van der Waals surface area contributed by atoms with Crippen molar-refractivity contribution in [1.29, 1.82) is 0 Å². The van der Waals surface area contributed by atoms with Crippen LogP contribution in [0.25, 0.3) is 0 Å². The SMILES string of the molecule is CC(C(=O)O)=C1CC(C)(C)CC2C1CCC2(C)O. The van der Waals surface area contributed by atoms with Gasteiger partial charge in [0.25, 0.3) is 0 Å². The molecule has 0 amide bonds. The Kier molecular flexibility index (Phi) is 3.09. The zero-order valence-corrected chi connectivity index (χ0v) is 11.8. The van der Waals surface area contributed by atoms with Crippen molar-refractivity contribution in [1.82, 2.24) is 0 Å². The van der Waals surface area contributed by atoms with E-state index in [9.17, 15) is 15.0 Å². The van der Waals surface area contributed by atoms with Gasteiger partial charge in [0, 0.05) is 5.57 Å². The molecule has 2 aliphatic rings. The first kappa shape index (κ1) is 13.6. The number of allylic oxidation sites excluding steroid dienone is 1. The number of carboxylic acids is 1. The number of fused-ring (bicyclic) bond motifs is 1. The number of aliphatic hydroxyl groups is 1. The minimum absolute atomic E-state index is 0.0849. The topological polar surface area (TPSA) is 57.5 Å². The molecule has 2 N–H and O–H groups in total. The molecule has 0 saturated heterocycles. The fourth-order valence-corrected chi connectivity index (χ4v) is 3.91. The molecule has 0 heterocycles. The number of rotatable bonds is 1. The Balaban J connectivity index is 2.43. The minimum atomic E-state index is -0.812. The summed E-state index contributed by atoms with van der Waals surface area (Å²) in [5.74, 6) is -0.331. The zero-order chi connectivity index (χ0) is 13.7. The normalized spacial score (nSPS) is 41.4. The third kappa shape index (κ3) is 2.20. The second kappa shape index (κ2) is 4.09. The molecule has 0 aliphatic heterocycles. The van der Waals surface area contributed by atoms with Crippen LogP contribution in [0.4, 0.5) is 0 Å². The number of hydrogen-bond donors (Lipinski definition) is 2. The maximum atomic E-state index is 11.2. The second-order valence-electron chi connectivity index (χ2n) is 7.11. The molecule has 3 unspecified atom stereocenters. The highest BCUT2D eigenvalue weighted by Crippen LogP contribution is 2.56. The quantitative estimate of drug-likeness (QED) is 0.705. The Morgan fingerprint density at radius 2 is 1.94 bits per heavy atom. The van der Waals surface area contributed by atoms with Crippen LogP contribution in [-0.4, -0.2) is 21.8 Å². The van der Waals surface area contributed by atoms with Gasteiger partial charge in [-0.3, -0.25) is 0 Å². The van der Waals surface area contributed by atoms with Crippen LogP contribution in [0.1, 0.15) is 53.4 Å². The molecule has 0 aromatic rings. The summed E-state index contributed by atoms with van der Waals surface area (Å²) in [5.41, 5.74) is 1.02. The summed E-state index contributed by atoms with van der Waals surface area (Å²) < 4.78 is 0. The van der Waals surface area contributed by atoms with Crippen molar-refractivity contribution in [2.75, 3.05) is 0 Å². The maximum Gasteiger partial charge on any atom is 0.331 e. The smallest absolute Gasteiger partial charge is 0.331 e. The van der Waals surface area contributed by atoms with E-state index in [1.165, 1.54) is 0 Å². The van der Waals surface area contributed by atoms with Gasteiger partial charge in [0.15, 0.2) is 0 Å². The molecule has 0 aromatic heterocycles. The predicted octanol–water partition coefficient (Wildman–Crippen LogP) is 2.98. The minimum Gasteiger partial charge on any atom is -0.478 e. The molecule has 0 bridgehead atoms. The highest BCUT2D eigenvalue weighted by Gasteiger charge is 2.51. The van der Waals surface area contributed by atoms with Gasteiger partial charge in [-0.15, -0.1) is 0 Å². The molecule has 3 atom stereocenters.